The normalized spacial score (nSPS) is 6.09. The van der Waals surface area contributed by atoms with Gasteiger partial charge in [0.05, 0.1) is 0 Å². The minimum Gasteiger partial charge on any atom is -0.481 e. The monoisotopic (exact) mass is 228 g/mol. The second kappa shape index (κ2) is 22.5. The summed E-state index contributed by atoms with van der Waals surface area (Å²) < 4.78 is -0.750. The van der Waals surface area contributed by atoms with Gasteiger partial charge >= 0.3 is 0 Å². The third-order valence-electron chi connectivity index (χ3n) is 0. The van der Waals surface area contributed by atoms with E-state index in [0.29, 0.717) is 0 Å². The number of halogens is 3. The van der Waals surface area contributed by atoms with Crippen LogP contribution in [0.3, 0.4) is 0 Å². The van der Waals surface area contributed by atoms with Crippen LogP contribution in [0.2, 0.25) is 0 Å². The Hall–Kier alpha value is 0.260. The summed E-state index contributed by atoms with van der Waals surface area (Å²) in [6.07, 6.45) is 0. The first kappa shape index (κ1) is 22.5. The van der Waals surface area contributed by atoms with Crippen LogP contribution in [-0.2, 0) is 4.79 Å². The molecule has 0 saturated heterocycles. The Balaban J connectivity index is -0.0000000339. The number of aliphatic carboxylic acids is 1. The van der Waals surface area contributed by atoms with Crippen molar-refractivity contribution < 1.29 is 20.5 Å². The van der Waals surface area contributed by atoms with Gasteiger partial charge in [-0.2, -0.15) is 0 Å². The molecular weight excluding hydrogens is 218 g/mol. The minimum absolute atomic E-state index is 0. The first-order chi connectivity index (χ1) is 4.46. The third kappa shape index (κ3) is 10400. The summed E-state index contributed by atoms with van der Waals surface area (Å²) in [5, 5.41) is 14.4. The van der Waals surface area contributed by atoms with Gasteiger partial charge in [-0.15, -0.1) is 0 Å². The molecule has 0 unspecified atom stereocenters. The molecule has 0 atom stereocenters. The van der Waals surface area contributed by atoms with E-state index in [0.717, 1.165) is 14.0 Å². The van der Waals surface area contributed by atoms with Crippen LogP contribution >= 0.6 is 34.8 Å². The van der Waals surface area contributed by atoms with Gasteiger partial charge in [-0.25, -0.2) is 0 Å². The maximum atomic E-state index is 9.00. The Morgan fingerprint density at radius 3 is 1.27 bits per heavy atom. The number of hydrogen-bond acceptors (Lipinski definition) is 2. The zero-order chi connectivity index (χ0) is 9.15. The lowest BCUT2D eigenvalue weighted by Gasteiger charge is -1.69. The lowest BCUT2D eigenvalue weighted by molar-refractivity contribution is -0.134. The van der Waals surface area contributed by atoms with Gasteiger partial charge in [-0.1, -0.05) is 34.8 Å². The smallest absolute Gasteiger partial charge is 0.300 e. The summed E-state index contributed by atoms with van der Waals surface area (Å²) in [5.74, 6) is -0.833. The van der Waals surface area contributed by atoms with E-state index in [4.69, 9.17) is 49.8 Å². The minimum atomic E-state index is -0.833. The van der Waals surface area contributed by atoms with E-state index in [9.17, 15) is 0 Å². The zero-order valence-electron chi connectivity index (χ0n) is 6.01. The molecule has 0 aromatic heterocycles. The molecule has 0 radical (unpaired) electrons. The third-order valence-corrected chi connectivity index (χ3v) is 0. The highest BCUT2D eigenvalue weighted by Crippen LogP contribution is 2.03. The average Bonchev–Trinajstić information content (AvgIpc) is 1.66. The quantitative estimate of drug-likeness (QED) is 0.604. The molecule has 0 aromatic carbocycles. The van der Waals surface area contributed by atoms with Gasteiger partial charge in [-0.3, -0.25) is 4.79 Å². The second-order valence-electron chi connectivity index (χ2n) is 0.766. The van der Waals surface area contributed by atoms with Crippen molar-refractivity contribution in [2.45, 2.75) is 11.2 Å². The average molecular weight is 229 g/mol. The zero-order valence-corrected chi connectivity index (χ0v) is 8.28. The molecule has 0 rings (SSSR count). The topological polar surface area (TPSA) is 89.0 Å². The van der Waals surface area contributed by atoms with E-state index in [-0.39, 0.29) is 5.48 Å². The largest absolute Gasteiger partial charge is 0.481 e. The summed E-state index contributed by atoms with van der Waals surface area (Å²) in [6.45, 7) is 1.08. The van der Waals surface area contributed by atoms with Crippen LogP contribution in [0, 0.1) is 0 Å². The Morgan fingerprint density at radius 1 is 1.27 bits per heavy atom. The molecule has 0 aliphatic heterocycles. The Kier molecular flexibility index (Phi) is 45.9. The molecule has 0 amide bonds. The van der Waals surface area contributed by atoms with Gasteiger partial charge < -0.3 is 15.7 Å². The molecule has 0 spiro atoms. The van der Waals surface area contributed by atoms with Crippen molar-refractivity contribution in [3.05, 3.63) is 0 Å². The number of alkyl halides is 3. The maximum Gasteiger partial charge on any atom is 0.300 e. The molecular formula is C4H11Cl3O4. The predicted molar refractivity (Wildman–Crippen MR) is 46.4 cm³/mol. The molecule has 0 aliphatic rings. The molecule has 4 N–H and O–H groups in total. The van der Waals surface area contributed by atoms with Crippen LogP contribution in [0.25, 0.3) is 0 Å². The highest BCUT2D eigenvalue weighted by Gasteiger charge is 1.78. The number of carbonyl (C=O) groups is 1. The Morgan fingerprint density at radius 2 is 1.27 bits per heavy atom. The van der Waals surface area contributed by atoms with Crippen molar-refractivity contribution in [2.75, 3.05) is 7.11 Å². The fourth-order valence-electron chi connectivity index (χ4n) is 0. The van der Waals surface area contributed by atoms with Crippen molar-refractivity contribution in [2.24, 2.45) is 0 Å². The van der Waals surface area contributed by atoms with Crippen molar-refractivity contribution in [1.29, 1.82) is 0 Å². The number of aliphatic hydroxyl groups excluding tert-OH is 1. The van der Waals surface area contributed by atoms with Gasteiger partial charge in [0.25, 0.3) is 5.97 Å². The molecule has 0 saturated carbocycles. The molecule has 0 aliphatic carbocycles. The van der Waals surface area contributed by atoms with E-state index in [1.165, 1.54) is 0 Å². The first-order valence-corrected chi connectivity index (χ1v) is 3.34. The predicted octanol–water partition coefficient (Wildman–Crippen LogP) is 0.861. The molecule has 0 bridgehead atoms. The van der Waals surface area contributed by atoms with Gasteiger partial charge in [0.2, 0.25) is 0 Å². The van der Waals surface area contributed by atoms with Crippen LogP contribution in [0.5, 0.6) is 0 Å². The summed E-state index contributed by atoms with van der Waals surface area (Å²) >= 11 is 14.4. The molecule has 7 heteroatoms. The van der Waals surface area contributed by atoms with E-state index in [2.05, 4.69) is 0 Å². The highest BCUT2D eigenvalue weighted by molar-refractivity contribution is 6.63. The number of hydrogen-bond donors (Lipinski definition) is 2. The van der Waals surface area contributed by atoms with Crippen molar-refractivity contribution in [3.8, 4) is 0 Å². The molecule has 4 nitrogen and oxygen atoms in total. The second-order valence-corrected chi connectivity index (χ2v) is 2.75. The van der Waals surface area contributed by atoms with E-state index in [1.54, 1.807) is 0 Å². The summed E-state index contributed by atoms with van der Waals surface area (Å²) in [4.78, 5) is 9.00. The van der Waals surface area contributed by atoms with Crippen LogP contribution in [-0.4, -0.2) is 33.1 Å². The molecule has 72 valence electrons. The van der Waals surface area contributed by atoms with Gasteiger partial charge in [0.15, 0.2) is 4.30 Å². The lowest BCUT2D eigenvalue weighted by atomic mass is 10.9. The SMILES string of the molecule is CC(=O)O.CO.ClC(Cl)Cl.O. The number of rotatable bonds is 0. The van der Waals surface area contributed by atoms with E-state index in [1.807, 2.05) is 0 Å². The molecule has 0 aromatic rings. The van der Waals surface area contributed by atoms with Gasteiger partial charge in [0, 0.05) is 14.0 Å². The van der Waals surface area contributed by atoms with Crippen LogP contribution in [0.1, 0.15) is 6.92 Å². The molecule has 11 heavy (non-hydrogen) atoms. The van der Waals surface area contributed by atoms with Crippen molar-refractivity contribution in [3.63, 3.8) is 0 Å². The fraction of sp³-hybridized carbons (Fsp3) is 0.750. The van der Waals surface area contributed by atoms with Crippen LogP contribution in [0.4, 0.5) is 0 Å². The standard InChI is InChI=1S/C2H4O2.CHCl3.CH4O.H2O/c1-2(3)4;2-1(3)4;1-2;/h1H3,(H,3,4);1H;2H,1H3;1H2. The number of carboxylic acids is 1. The Bertz CT molecular complexity index is 61.6. The summed E-state index contributed by atoms with van der Waals surface area (Å²) in [7, 11) is 1.00. The summed E-state index contributed by atoms with van der Waals surface area (Å²) in [6, 6.07) is 0. The number of carboxylic acid groups (broad SMARTS) is 1. The molecule has 0 heterocycles. The maximum absolute atomic E-state index is 9.00. The summed E-state index contributed by atoms with van der Waals surface area (Å²) in [5.41, 5.74) is 0. The van der Waals surface area contributed by atoms with E-state index >= 15 is 0 Å². The fourth-order valence-corrected chi connectivity index (χ4v) is 0. The van der Waals surface area contributed by atoms with Crippen LogP contribution < -0.4 is 0 Å². The number of aliphatic hydroxyl groups is 1. The Labute approximate surface area is 80.0 Å². The lowest BCUT2D eigenvalue weighted by Crippen LogP contribution is -1.78. The van der Waals surface area contributed by atoms with Crippen LogP contribution in [0.15, 0.2) is 0 Å². The van der Waals surface area contributed by atoms with Crippen molar-refractivity contribution in [1.82, 2.24) is 0 Å². The van der Waals surface area contributed by atoms with Crippen molar-refractivity contribution >= 4 is 40.8 Å². The first-order valence-electron chi connectivity index (χ1n) is 2.03. The highest BCUT2D eigenvalue weighted by atomic mass is 35.6. The van der Waals surface area contributed by atoms with Gasteiger partial charge in [-0.05, 0) is 0 Å². The molecule has 0 fully saturated rings. The van der Waals surface area contributed by atoms with E-state index < -0.39 is 10.3 Å². The van der Waals surface area contributed by atoms with Gasteiger partial charge in [0.1, 0.15) is 0 Å².